The van der Waals surface area contributed by atoms with Gasteiger partial charge in [-0.1, -0.05) is 11.8 Å². The van der Waals surface area contributed by atoms with Gasteiger partial charge in [0.05, 0.1) is 5.75 Å². The van der Waals surface area contributed by atoms with Crippen molar-refractivity contribution in [2.24, 2.45) is 0 Å². The molecule has 1 rings (SSSR count). The van der Waals surface area contributed by atoms with Crippen molar-refractivity contribution in [3.63, 3.8) is 0 Å². The molecule has 0 atom stereocenters. The minimum absolute atomic E-state index is 0.114. The Bertz CT molecular complexity index is 538. The molecule has 0 aliphatic heterocycles. The van der Waals surface area contributed by atoms with E-state index in [1.165, 1.54) is 0 Å². The number of carboxylic acids is 1. The molecule has 3 N–H and O–H groups in total. The molecule has 1 aromatic rings. The Balaban J connectivity index is 2.45. The third kappa shape index (κ3) is 6.70. The second kappa shape index (κ2) is 7.02. The van der Waals surface area contributed by atoms with Crippen LogP contribution in [0.2, 0.25) is 0 Å². The molecular formula is C10H16N6O4S. The van der Waals surface area contributed by atoms with Crippen LogP contribution in [0.5, 0.6) is 0 Å². The molecule has 0 spiro atoms. The van der Waals surface area contributed by atoms with Crippen LogP contribution in [0.25, 0.3) is 0 Å². The molecule has 0 aliphatic carbocycles. The lowest BCUT2D eigenvalue weighted by atomic mass is 10.1. The highest BCUT2D eigenvalue weighted by Gasteiger charge is 2.17. The summed E-state index contributed by atoms with van der Waals surface area (Å²) in [5, 5.41) is 24.0. The Morgan fingerprint density at radius 2 is 2.00 bits per heavy atom. The molecule has 0 fully saturated rings. The molecule has 0 aromatic carbocycles. The first kappa shape index (κ1) is 16.9. The van der Waals surface area contributed by atoms with Gasteiger partial charge in [-0.05, 0) is 31.2 Å². The van der Waals surface area contributed by atoms with Gasteiger partial charge >= 0.3 is 12.0 Å². The van der Waals surface area contributed by atoms with E-state index in [1.807, 2.05) is 0 Å². The molecular weight excluding hydrogens is 300 g/mol. The average Bonchev–Trinajstić information content (AvgIpc) is 2.70. The molecule has 0 aliphatic rings. The fraction of sp³-hybridized carbons (Fsp3) is 0.600. The van der Waals surface area contributed by atoms with Gasteiger partial charge in [0.15, 0.2) is 0 Å². The maximum atomic E-state index is 11.6. The van der Waals surface area contributed by atoms with E-state index in [2.05, 4.69) is 26.2 Å². The second-order valence-electron chi connectivity index (χ2n) is 5.05. The molecule has 116 valence electrons. The fourth-order valence-corrected chi connectivity index (χ4v) is 1.87. The van der Waals surface area contributed by atoms with Crippen LogP contribution in [0.3, 0.4) is 0 Å². The summed E-state index contributed by atoms with van der Waals surface area (Å²) in [6, 6.07) is -0.599. The maximum absolute atomic E-state index is 11.6. The van der Waals surface area contributed by atoms with Gasteiger partial charge in [-0.3, -0.25) is 14.9 Å². The summed E-state index contributed by atoms with van der Waals surface area (Å²) >= 11 is 0.935. The number of amides is 3. The number of nitrogens with zero attached hydrogens (tertiary/aromatic N) is 4. The maximum Gasteiger partial charge on any atom is 0.325 e. The van der Waals surface area contributed by atoms with Crippen LogP contribution in [0.1, 0.15) is 20.8 Å². The zero-order valence-corrected chi connectivity index (χ0v) is 12.6. The van der Waals surface area contributed by atoms with Crippen LogP contribution in [0, 0.1) is 0 Å². The summed E-state index contributed by atoms with van der Waals surface area (Å²) in [4.78, 5) is 33.6. The monoisotopic (exact) mass is 316 g/mol. The van der Waals surface area contributed by atoms with Crippen molar-refractivity contribution < 1.29 is 19.5 Å². The van der Waals surface area contributed by atoms with Crippen molar-refractivity contribution in [1.82, 2.24) is 30.8 Å². The van der Waals surface area contributed by atoms with Gasteiger partial charge in [0.2, 0.25) is 11.1 Å². The van der Waals surface area contributed by atoms with Gasteiger partial charge in [-0.15, -0.1) is 5.10 Å². The zero-order chi connectivity index (χ0) is 16.0. The summed E-state index contributed by atoms with van der Waals surface area (Å²) in [6.07, 6.45) is 0. The molecule has 0 unspecified atom stereocenters. The van der Waals surface area contributed by atoms with Crippen LogP contribution in [-0.4, -0.2) is 54.5 Å². The number of urea groups is 1. The third-order valence-corrected chi connectivity index (χ3v) is 2.82. The summed E-state index contributed by atoms with van der Waals surface area (Å²) in [7, 11) is 0. The number of aromatic nitrogens is 4. The van der Waals surface area contributed by atoms with E-state index in [4.69, 9.17) is 5.11 Å². The minimum atomic E-state index is -1.10. The second-order valence-corrected chi connectivity index (χ2v) is 6.00. The Morgan fingerprint density at radius 1 is 1.33 bits per heavy atom. The molecule has 10 nitrogen and oxygen atoms in total. The largest absolute Gasteiger partial charge is 0.480 e. The topological polar surface area (TPSA) is 139 Å². The predicted octanol–water partition coefficient (Wildman–Crippen LogP) is -0.526. The number of hydrogen-bond donors (Lipinski definition) is 3. The van der Waals surface area contributed by atoms with Gasteiger partial charge in [-0.25, -0.2) is 9.48 Å². The van der Waals surface area contributed by atoms with Crippen LogP contribution >= 0.6 is 11.8 Å². The van der Waals surface area contributed by atoms with Gasteiger partial charge in [-0.2, -0.15) is 0 Å². The summed E-state index contributed by atoms with van der Waals surface area (Å²) in [6.45, 7) is 4.95. The molecule has 1 aromatic heterocycles. The zero-order valence-electron chi connectivity index (χ0n) is 11.8. The first-order valence-electron chi connectivity index (χ1n) is 5.90. The van der Waals surface area contributed by atoms with E-state index in [1.54, 1.807) is 20.8 Å². The number of thioether (sulfide) groups is 1. The average molecular weight is 316 g/mol. The van der Waals surface area contributed by atoms with Crippen molar-refractivity contribution in [3.05, 3.63) is 0 Å². The molecule has 11 heteroatoms. The number of imide groups is 1. The Morgan fingerprint density at radius 3 is 2.57 bits per heavy atom. The number of rotatable bonds is 5. The summed E-state index contributed by atoms with van der Waals surface area (Å²) in [5.74, 6) is -1.75. The lowest BCUT2D eigenvalue weighted by molar-refractivity contribution is -0.138. The SMILES string of the molecule is CC(C)(C)NC(=O)NC(=O)CSc1nnnn1CC(=O)O. The fourth-order valence-electron chi connectivity index (χ4n) is 1.19. The van der Waals surface area contributed by atoms with Crippen molar-refractivity contribution in [2.75, 3.05) is 5.75 Å². The molecule has 1 heterocycles. The number of nitrogens with one attached hydrogen (secondary N) is 2. The normalized spacial score (nSPS) is 11.0. The highest BCUT2D eigenvalue weighted by atomic mass is 32.2. The lowest BCUT2D eigenvalue weighted by Crippen LogP contribution is -2.48. The third-order valence-electron chi connectivity index (χ3n) is 1.86. The van der Waals surface area contributed by atoms with Crippen molar-refractivity contribution in [3.8, 4) is 0 Å². The van der Waals surface area contributed by atoms with Gasteiger partial charge < -0.3 is 10.4 Å². The number of aliphatic carboxylic acids is 1. The molecule has 21 heavy (non-hydrogen) atoms. The Kier molecular flexibility index (Phi) is 5.64. The van der Waals surface area contributed by atoms with E-state index in [9.17, 15) is 14.4 Å². The number of carbonyl (C=O) groups is 3. The lowest BCUT2D eigenvalue weighted by Gasteiger charge is -2.20. The Labute approximate surface area is 124 Å². The molecule has 0 saturated heterocycles. The van der Waals surface area contributed by atoms with Crippen molar-refractivity contribution in [1.29, 1.82) is 0 Å². The number of carbonyl (C=O) groups excluding carboxylic acids is 2. The van der Waals surface area contributed by atoms with E-state index in [0.717, 1.165) is 16.4 Å². The standard InChI is InChI=1S/C10H16N6O4S/c1-10(2,3)12-8(20)11-6(17)5-21-9-13-14-15-16(9)4-7(18)19/h4-5H2,1-3H3,(H,18,19)(H2,11,12,17,20). The summed E-state index contributed by atoms with van der Waals surface area (Å²) < 4.78 is 1.05. The minimum Gasteiger partial charge on any atom is -0.480 e. The van der Waals surface area contributed by atoms with E-state index >= 15 is 0 Å². The number of hydrogen-bond acceptors (Lipinski definition) is 7. The first-order valence-corrected chi connectivity index (χ1v) is 6.88. The van der Waals surface area contributed by atoms with E-state index in [-0.39, 0.29) is 10.9 Å². The van der Waals surface area contributed by atoms with Crippen molar-refractivity contribution in [2.45, 2.75) is 38.0 Å². The van der Waals surface area contributed by atoms with Gasteiger partial charge in [0, 0.05) is 5.54 Å². The molecule has 0 bridgehead atoms. The van der Waals surface area contributed by atoms with E-state index in [0.29, 0.717) is 0 Å². The molecule has 3 amide bonds. The smallest absolute Gasteiger partial charge is 0.325 e. The van der Waals surface area contributed by atoms with Gasteiger partial charge in [0.1, 0.15) is 6.54 Å². The Hall–Kier alpha value is -2.17. The molecule has 0 saturated carbocycles. The first-order chi connectivity index (χ1) is 9.67. The quantitative estimate of drug-likeness (QED) is 0.616. The number of carboxylic acid groups (broad SMARTS) is 1. The predicted molar refractivity (Wildman–Crippen MR) is 72.6 cm³/mol. The highest BCUT2D eigenvalue weighted by Crippen LogP contribution is 2.12. The van der Waals surface area contributed by atoms with Crippen LogP contribution in [0.4, 0.5) is 4.79 Å². The van der Waals surface area contributed by atoms with Gasteiger partial charge in [0.25, 0.3) is 0 Å². The van der Waals surface area contributed by atoms with Crippen LogP contribution < -0.4 is 10.6 Å². The number of tetrazole rings is 1. The summed E-state index contributed by atoms with van der Waals surface area (Å²) in [5.41, 5.74) is -0.455. The van der Waals surface area contributed by atoms with Crippen LogP contribution in [0.15, 0.2) is 5.16 Å². The molecule has 0 radical (unpaired) electrons. The van der Waals surface area contributed by atoms with E-state index < -0.39 is 30.0 Å². The highest BCUT2D eigenvalue weighted by molar-refractivity contribution is 7.99. The van der Waals surface area contributed by atoms with Crippen molar-refractivity contribution >= 4 is 29.7 Å². The van der Waals surface area contributed by atoms with Crippen LogP contribution in [-0.2, 0) is 16.1 Å².